The predicted molar refractivity (Wildman–Crippen MR) is 132 cm³/mol. The van der Waals surface area contributed by atoms with E-state index in [2.05, 4.69) is 0 Å². The maximum atomic E-state index is 13.6. The Hall–Kier alpha value is -3.35. The molecule has 35 heavy (non-hydrogen) atoms. The Balaban J connectivity index is 1.71. The second kappa shape index (κ2) is 10.5. The summed E-state index contributed by atoms with van der Waals surface area (Å²) < 4.78 is 22.4. The number of carbonyl (C=O) groups excluding carboxylic acids is 2. The molecule has 0 fully saturated rings. The SMILES string of the molecule is CCCCOC(=O)C1C(C)=NC2=C(C(=O)C[C@@H](c3ccc(OC)c(OC)c3)C2)[C@H]1c1ccc(C)o1. The summed E-state index contributed by atoms with van der Waals surface area (Å²) in [6.45, 7) is 6.09. The number of methoxy groups -OCH3 is 2. The van der Waals surface area contributed by atoms with Gasteiger partial charge in [-0.2, -0.15) is 0 Å². The molecular formula is C28H33NO6. The fourth-order valence-electron chi connectivity index (χ4n) is 5.04. The molecule has 0 saturated heterocycles. The van der Waals surface area contributed by atoms with Gasteiger partial charge >= 0.3 is 5.97 Å². The Labute approximate surface area is 206 Å². The number of ether oxygens (including phenoxy) is 3. The van der Waals surface area contributed by atoms with Crippen molar-refractivity contribution in [1.29, 1.82) is 0 Å². The van der Waals surface area contributed by atoms with Gasteiger partial charge in [0.1, 0.15) is 17.4 Å². The van der Waals surface area contributed by atoms with E-state index >= 15 is 0 Å². The number of furan rings is 1. The largest absolute Gasteiger partial charge is 0.493 e. The van der Waals surface area contributed by atoms with Crippen molar-refractivity contribution >= 4 is 17.5 Å². The number of aliphatic imine (C=N–C) groups is 1. The van der Waals surface area contributed by atoms with Crippen molar-refractivity contribution < 1.29 is 28.2 Å². The predicted octanol–water partition coefficient (Wildman–Crippen LogP) is 5.52. The first-order valence-corrected chi connectivity index (χ1v) is 12.1. The summed E-state index contributed by atoms with van der Waals surface area (Å²) in [7, 11) is 3.19. The van der Waals surface area contributed by atoms with Gasteiger partial charge in [-0.05, 0) is 62.4 Å². The van der Waals surface area contributed by atoms with Gasteiger partial charge in [-0.3, -0.25) is 14.6 Å². The van der Waals surface area contributed by atoms with E-state index in [1.165, 1.54) is 0 Å². The molecule has 3 atom stereocenters. The van der Waals surface area contributed by atoms with Crippen molar-refractivity contribution in [3.05, 3.63) is 58.7 Å². The van der Waals surface area contributed by atoms with Crippen LogP contribution in [0.2, 0.25) is 0 Å². The van der Waals surface area contributed by atoms with E-state index < -0.39 is 11.8 Å². The maximum absolute atomic E-state index is 13.6. The maximum Gasteiger partial charge on any atom is 0.315 e. The lowest BCUT2D eigenvalue weighted by Crippen LogP contribution is -2.38. The second-order valence-electron chi connectivity index (χ2n) is 9.18. The third-order valence-corrected chi connectivity index (χ3v) is 6.83. The monoisotopic (exact) mass is 479 g/mol. The molecule has 1 unspecified atom stereocenters. The molecule has 0 radical (unpaired) electrons. The van der Waals surface area contributed by atoms with Gasteiger partial charge in [-0.1, -0.05) is 19.4 Å². The minimum atomic E-state index is -0.683. The fourth-order valence-corrected chi connectivity index (χ4v) is 5.04. The van der Waals surface area contributed by atoms with Crippen LogP contribution in [0, 0.1) is 12.8 Å². The first-order valence-electron chi connectivity index (χ1n) is 12.1. The van der Waals surface area contributed by atoms with Crippen molar-refractivity contribution in [2.75, 3.05) is 20.8 Å². The van der Waals surface area contributed by atoms with Gasteiger partial charge in [-0.25, -0.2) is 0 Å². The van der Waals surface area contributed by atoms with E-state index in [9.17, 15) is 9.59 Å². The number of carbonyl (C=O) groups is 2. The van der Waals surface area contributed by atoms with Crippen LogP contribution in [-0.2, 0) is 14.3 Å². The average Bonchev–Trinajstić information content (AvgIpc) is 3.28. The molecule has 1 aliphatic heterocycles. The number of nitrogens with zero attached hydrogens (tertiary/aromatic N) is 1. The highest BCUT2D eigenvalue weighted by molar-refractivity contribution is 6.09. The lowest BCUT2D eigenvalue weighted by molar-refractivity contribution is -0.146. The molecular weight excluding hydrogens is 446 g/mol. The first kappa shape index (κ1) is 24.8. The third-order valence-electron chi connectivity index (χ3n) is 6.83. The zero-order valence-electron chi connectivity index (χ0n) is 21.1. The molecule has 0 saturated carbocycles. The molecule has 2 aliphatic rings. The molecule has 186 valence electrons. The number of unbranched alkanes of at least 4 members (excludes halogenated alkanes) is 1. The molecule has 0 amide bonds. The quantitative estimate of drug-likeness (QED) is 0.366. The van der Waals surface area contributed by atoms with Gasteiger partial charge in [0, 0.05) is 23.4 Å². The van der Waals surface area contributed by atoms with Crippen LogP contribution in [0.3, 0.4) is 0 Å². The standard InChI is InChI=1S/C28H33NO6/c1-6-7-12-34-28(31)25-17(3)29-20-13-19(18-9-11-22(32-4)24(15-18)33-5)14-21(30)26(20)27(25)23-10-8-16(2)35-23/h8-11,15,19,25,27H,6-7,12-14H2,1-5H3/t19-,25?,27-/m0/s1. The molecule has 1 aliphatic carbocycles. The summed E-state index contributed by atoms with van der Waals surface area (Å²) >= 11 is 0. The van der Waals surface area contributed by atoms with Gasteiger partial charge in [-0.15, -0.1) is 0 Å². The molecule has 7 nitrogen and oxygen atoms in total. The molecule has 1 aromatic carbocycles. The van der Waals surface area contributed by atoms with E-state index in [0.717, 1.165) is 29.9 Å². The van der Waals surface area contributed by atoms with Crippen LogP contribution >= 0.6 is 0 Å². The average molecular weight is 480 g/mol. The van der Waals surface area contributed by atoms with E-state index in [1.54, 1.807) is 14.2 Å². The van der Waals surface area contributed by atoms with Gasteiger partial charge in [0.05, 0.1) is 26.7 Å². The summed E-state index contributed by atoms with van der Waals surface area (Å²) in [5.74, 6) is 0.938. The highest BCUT2D eigenvalue weighted by Gasteiger charge is 2.46. The molecule has 7 heteroatoms. The Morgan fingerprint density at radius 1 is 1.09 bits per heavy atom. The van der Waals surface area contributed by atoms with Gasteiger partial charge in [0.25, 0.3) is 0 Å². The number of rotatable bonds is 8. The molecule has 0 spiro atoms. The topological polar surface area (TPSA) is 87.3 Å². The number of aryl methyl sites for hydroxylation is 1. The van der Waals surface area contributed by atoms with E-state index in [0.29, 0.717) is 48.0 Å². The van der Waals surface area contributed by atoms with Crippen molar-refractivity contribution in [3.63, 3.8) is 0 Å². The molecule has 4 rings (SSSR count). The third kappa shape index (κ3) is 4.90. The number of esters is 1. The van der Waals surface area contributed by atoms with Crippen molar-refractivity contribution in [2.24, 2.45) is 10.9 Å². The van der Waals surface area contributed by atoms with Crippen LogP contribution in [0.5, 0.6) is 11.5 Å². The molecule has 0 N–H and O–H groups in total. The molecule has 2 aromatic rings. The summed E-state index contributed by atoms with van der Waals surface area (Å²) in [4.78, 5) is 31.6. The van der Waals surface area contributed by atoms with Gasteiger partial charge in [0.2, 0.25) is 0 Å². The number of hydrogen-bond donors (Lipinski definition) is 0. The number of Topliss-reactive ketones (excluding diaryl/α,β-unsaturated/α-hetero) is 1. The smallest absolute Gasteiger partial charge is 0.315 e. The van der Waals surface area contributed by atoms with E-state index in [1.807, 2.05) is 51.1 Å². The Morgan fingerprint density at radius 3 is 2.51 bits per heavy atom. The number of benzene rings is 1. The van der Waals surface area contributed by atoms with Crippen molar-refractivity contribution in [3.8, 4) is 11.5 Å². The summed E-state index contributed by atoms with van der Waals surface area (Å²) in [5, 5.41) is 0. The van der Waals surface area contributed by atoms with Gasteiger partial charge < -0.3 is 18.6 Å². The van der Waals surface area contributed by atoms with Crippen molar-refractivity contribution in [2.45, 2.75) is 58.3 Å². The van der Waals surface area contributed by atoms with Crippen LogP contribution in [0.25, 0.3) is 0 Å². The van der Waals surface area contributed by atoms with Crippen molar-refractivity contribution in [1.82, 2.24) is 0 Å². The van der Waals surface area contributed by atoms with Crippen LogP contribution < -0.4 is 9.47 Å². The Bertz CT molecular complexity index is 1170. The normalized spacial score (nSPS) is 21.9. The summed E-state index contributed by atoms with van der Waals surface area (Å²) in [6, 6.07) is 9.45. The number of ketones is 1. The lowest BCUT2D eigenvalue weighted by atomic mass is 9.70. The van der Waals surface area contributed by atoms with Gasteiger partial charge in [0.15, 0.2) is 17.3 Å². The zero-order chi connectivity index (χ0) is 25.1. The first-order chi connectivity index (χ1) is 16.9. The molecule has 0 bridgehead atoms. The van der Waals surface area contributed by atoms with E-state index in [-0.39, 0.29) is 17.7 Å². The lowest BCUT2D eigenvalue weighted by Gasteiger charge is -2.35. The summed E-state index contributed by atoms with van der Waals surface area (Å²) in [6.07, 6.45) is 2.62. The molecule has 1 aromatic heterocycles. The van der Waals surface area contributed by atoms with Crippen LogP contribution in [0.15, 0.2) is 51.0 Å². The Morgan fingerprint density at radius 2 is 1.86 bits per heavy atom. The highest BCUT2D eigenvalue weighted by atomic mass is 16.5. The summed E-state index contributed by atoms with van der Waals surface area (Å²) in [5.41, 5.74) is 2.92. The second-order valence-corrected chi connectivity index (χ2v) is 9.18. The minimum Gasteiger partial charge on any atom is -0.493 e. The molecule has 2 heterocycles. The van der Waals surface area contributed by atoms with Crippen LogP contribution in [0.4, 0.5) is 0 Å². The zero-order valence-corrected chi connectivity index (χ0v) is 21.1. The fraction of sp³-hybridized carbons (Fsp3) is 0.464. The van der Waals surface area contributed by atoms with Crippen LogP contribution in [-0.4, -0.2) is 38.3 Å². The van der Waals surface area contributed by atoms with E-state index in [4.69, 9.17) is 23.6 Å². The van der Waals surface area contributed by atoms with Crippen LogP contribution in [0.1, 0.15) is 68.5 Å². The highest BCUT2D eigenvalue weighted by Crippen LogP contribution is 2.47. The minimum absolute atomic E-state index is 0.0207. The Kier molecular flexibility index (Phi) is 7.43. The number of hydrogen-bond acceptors (Lipinski definition) is 7. The number of allylic oxidation sites excluding steroid dienone is 2.